The molecular weight excluding hydrogens is 424 g/mol. The second-order valence-electron chi connectivity index (χ2n) is 10.7. The van der Waals surface area contributed by atoms with Gasteiger partial charge in [0.25, 0.3) is 10.1 Å². The van der Waals surface area contributed by atoms with Gasteiger partial charge in [-0.25, -0.2) is 0 Å². The van der Waals surface area contributed by atoms with Gasteiger partial charge in [0.15, 0.2) is 0 Å². The van der Waals surface area contributed by atoms with E-state index in [1.165, 1.54) is 0 Å². The average molecular weight is 465 g/mol. The Morgan fingerprint density at radius 3 is 2.53 bits per heavy atom. The van der Waals surface area contributed by atoms with Gasteiger partial charge in [0.2, 0.25) is 0 Å². The molecule has 1 aromatic rings. The van der Waals surface area contributed by atoms with E-state index in [-0.39, 0.29) is 28.1 Å². The quantitative estimate of drug-likeness (QED) is 0.282. The third-order valence-corrected chi connectivity index (χ3v) is 8.99. The smallest absolute Gasteiger partial charge is 0.312 e. The first-order chi connectivity index (χ1) is 14.9. The second kappa shape index (κ2) is 9.46. The van der Waals surface area contributed by atoms with Crippen LogP contribution in [0.2, 0.25) is 0 Å². The molecule has 2 aliphatic carbocycles. The Hall–Kier alpha value is -1.40. The average Bonchev–Trinajstić information content (AvgIpc) is 2.71. The van der Waals surface area contributed by atoms with Crippen LogP contribution in [0.3, 0.4) is 0 Å². The van der Waals surface area contributed by atoms with E-state index in [2.05, 4.69) is 13.8 Å². The van der Waals surface area contributed by atoms with E-state index in [0.29, 0.717) is 12.2 Å². The molecule has 1 fully saturated rings. The fourth-order valence-electron chi connectivity index (χ4n) is 6.29. The summed E-state index contributed by atoms with van der Waals surface area (Å²) in [6.07, 6.45) is 8.55. The predicted molar refractivity (Wildman–Crippen MR) is 127 cm³/mol. The molecule has 6 heteroatoms. The minimum absolute atomic E-state index is 0.0120. The largest absolute Gasteiger partial charge is 0.465 e. The molecule has 0 heterocycles. The van der Waals surface area contributed by atoms with E-state index in [0.717, 1.165) is 68.9 Å². The second-order valence-corrected chi connectivity index (χ2v) is 12.0. The van der Waals surface area contributed by atoms with Gasteiger partial charge in [-0.1, -0.05) is 59.4 Å². The van der Waals surface area contributed by atoms with E-state index in [9.17, 15) is 17.8 Å². The highest BCUT2D eigenvalue weighted by Gasteiger charge is 2.56. The fourth-order valence-corrected chi connectivity index (χ4v) is 7.15. The molecule has 1 saturated carbocycles. The molecular formula is C26H40O5S. The van der Waals surface area contributed by atoms with E-state index >= 15 is 0 Å². The lowest BCUT2D eigenvalue weighted by molar-refractivity contribution is -0.164. The van der Waals surface area contributed by atoms with Gasteiger partial charge < -0.3 is 4.74 Å². The molecule has 0 bridgehead atoms. The lowest BCUT2D eigenvalue weighted by Gasteiger charge is -2.54. The van der Waals surface area contributed by atoms with Crippen LogP contribution in [-0.4, -0.2) is 25.5 Å². The van der Waals surface area contributed by atoms with Crippen molar-refractivity contribution in [1.29, 1.82) is 0 Å². The van der Waals surface area contributed by atoms with Crippen LogP contribution in [0.1, 0.15) is 109 Å². The highest BCUT2D eigenvalue weighted by atomic mass is 32.2. The summed E-state index contributed by atoms with van der Waals surface area (Å²) in [6, 6.07) is 3.68. The number of fused-ring (bicyclic) bond motifs is 3. The zero-order chi connectivity index (χ0) is 23.7. The Labute approximate surface area is 194 Å². The molecule has 3 atom stereocenters. The van der Waals surface area contributed by atoms with Crippen molar-refractivity contribution in [2.45, 2.75) is 109 Å². The SMILES string of the molecule is CCCCCCOC(=O)[C@]1(C)CCC[C@]2(C)c3cc(S(=O)(=O)O)c(C(C)C)cc3CCC12. The number of hydrogen-bond acceptors (Lipinski definition) is 4. The number of hydrogen-bond donors (Lipinski definition) is 1. The van der Waals surface area contributed by atoms with Crippen molar-refractivity contribution in [3.05, 3.63) is 28.8 Å². The summed E-state index contributed by atoms with van der Waals surface area (Å²) in [5, 5.41) is 0. The molecule has 0 aromatic heterocycles. The Bertz CT molecular complexity index is 951. The summed E-state index contributed by atoms with van der Waals surface area (Å²) in [5.41, 5.74) is 1.89. The maximum atomic E-state index is 13.3. The number of carbonyl (C=O) groups excluding carboxylic acids is 1. The molecule has 1 unspecified atom stereocenters. The lowest BCUT2D eigenvalue weighted by atomic mass is 9.49. The van der Waals surface area contributed by atoms with Crippen molar-refractivity contribution in [3.8, 4) is 0 Å². The van der Waals surface area contributed by atoms with Crippen LogP contribution >= 0.6 is 0 Å². The van der Waals surface area contributed by atoms with E-state index < -0.39 is 15.5 Å². The van der Waals surface area contributed by atoms with Gasteiger partial charge in [-0.05, 0) is 79.0 Å². The third kappa shape index (κ3) is 4.63. The zero-order valence-corrected chi connectivity index (χ0v) is 21.2. The zero-order valence-electron chi connectivity index (χ0n) is 20.4. The van der Waals surface area contributed by atoms with Gasteiger partial charge in [0.05, 0.1) is 16.9 Å². The maximum Gasteiger partial charge on any atom is 0.312 e. The summed E-state index contributed by atoms with van der Waals surface area (Å²) < 4.78 is 40.2. The molecule has 32 heavy (non-hydrogen) atoms. The molecule has 0 saturated heterocycles. The molecule has 3 rings (SSSR count). The number of carbonyl (C=O) groups is 1. The first-order valence-electron chi connectivity index (χ1n) is 12.3. The van der Waals surface area contributed by atoms with Crippen molar-refractivity contribution in [2.75, 3.05) is 6.61 Å². The molecule has 180 valence electrons. The Balaban J connectivity index is 1.95. The summed E-state index contributed by atoms with van der Waals surface area (Å²) in [7, 11) is -4.33. The Morgan fingerprint density at radius 2 is 1.91 bits per heavy atom. The minimum Gasteiger partial charge on any atom is -0.465 e. The monoisotopic (exact) mass is 464 g/mol. The third-order valence-electron chi connectivity index (χ3n) is 8.08. The number of ether oxygens (including phenoxy) is 1. The van der Waals surface area contributed by atoms with Gasteiger partial charge in [-0.2, -0.15) is 8.42 Å². The first kappa shape index (κ1) is 25.2. The van der Waals surface area contributed by atoms with Crippen LogP contribution < -0.4 is 0 Å². The molecule has 0 radical (unpaired) electrons. The molecule has 2 aliphatic rings. The Kier molecular flexibility index (Phi) is 7.45. The van der Waals surface area contributed by atoms with Gasteiger partial charge in [-0.3, -0.25) is 9.35 Å². The van der Waals surface area contributed by atoms with Crippen molar-refractivity contribution in [3.63, 3.8) is 0 Å². The van der Waals surface area contributed by atoms with Crippen LogP contribution in [0, 0.1) is 11.3 Å². The molecule has 0 aliphatic heterocycles. The topological polar surface area (TPSA) is 80.7 Å². The summed E-state index contributed by atoms with van der Waals surface area (Å²) in [5.74, 6) is -0.0391. The highest BCUT2D eigenvalue weighted by molar-refractivity contribution is 7.85. The number of esters is 1. The predicted octanol–water partition coefficient (Wildman–Crippen LogP) is 6.19. The number of benzene rings is 1. The normalized spacial score (nSPS) is 27.7. The number of rotatable bonds is 8. The van der Waals surface area contributed by atoms with Gasteiger partial charge >= 0.3 is 5.97 Å². The number of aryl methyl sites for hydroxylation is 1. The molecule has 5 nitrogen and oxygen atoms in total. The van der Waals surface area contributed by atoms with E-state index in [1.807, 2.05) is 26.8 Å². The van der Waals surface area contributed by atoms with Crippen molar-refractivity contribution in [1.82, 2.24) is 0 Å². The summed E-state index contributed by atoms with van der Waals surface area (Å²) >= 11 is 0. The van der Waals surface area contributed by atoms with E-state index in [1.54, 1.807) is 6.07 Å². The van der Waals surface area contributed by atoms with Crippen LogP contribution in [-0.2, 0) is 31.5 Å². The van der Waals surface area contributed by atoms with Crippen molar-refractivity contribution >= 4 is 16.1 Å². The lowest BCUT2D eigenvalue weighted by Crippen LogP contribution is -2.53. The maximum absolute atomic E-state index is 13.3. The minimum atomic E-state index is -4.33. The fraction of sp³-hybridized carbons (Fsp3) is 0.731. The highest BCUT2D eigenvalue weighted by Crippen LogP contribution is 2.58. The standard InChI is InChI=1S/C26H40O5S/c1-6-7-8-9-15-31-24(27)26(5)14-10-13-25(4)21-17-22(32(28,29)30)20(18(2)3)16-19(21)11-12-23(25)26/h16-18,23H,6-15H2,1-5H3,(H,28,29,30)/t23?,25-,26-/m1/s1. The van der Waals surface area contributed by atoms with Gasteiger partial charge in [0.1, 0.15) is 0 Å². The first-order valence-corrected chi connectivity index (χ1v) is 13.7. The van der Waals surface area contributed by atoms with E-state index in [4.69, 9.17) is 4.74 Å². The van der Waals surface area contributed by atoms with Crippen molar-refractivity contribution < 1.29 is 22.5 Å². The Morgan fingerprint density at radius 1 is 1.19 bits per heavy atom. The number of unbranched alkanes of at least 4 members (excludes halogenated alkanes) is 3. The summed E-state index contributed by atoms with van der Waals surface area (Å²) in [6.45, 7) is 10.7. The summed E-state index contributed by atoms with van der Waals surface area (Å²) in [4.78, 5) is 13.3. The molecule has 1 aromatic carbocycles. The van der Waals surface area contributed by atoms with Crippen LogP contribution in [0.5, 0.6) is 0 Å². The molecule has 0 spiro atoms. The van der Waals surface area contributed by atoms with Crippen LogP contribution in [0.4, 0.5) is 0 Å². The van der Waals surface area contributed by atoms with Crippen molar-refractivity contribution in [2.24, 2.45) is 11.3 Å². The van der Waals surface area contributed by atoms with Crippen LogP contribution in [0.15, 0.2) is 17.0 Å². The molecule has 0 amide bonds. The van der Waals surface area contributed by atoms with Gasteiger partial charge in [-0.15, -0.1) is 0 Å². The molecule has 1 N–H and O–H groups in total. The van der Waals surface area contributed by atoms with Gasteiger partial charge in [0, 0.05) is 0 Å². The van der Waals surface area contributed by atoms with Crippen LogP contribution in [0.25, 0.3) is 0 Å².